The Bertz CT molecular complexity index is 364. The van der Waals surface area contributed by atoms with Crippen LogP contribution in [0.1, 0.15) is 20.3 Å². The normalized spacial score (nSPS) is 13.4. The summed E-state index contributed by atoms with van der Waals surface area (Å²) in [6.07, 6.45) is 3.99. The summed E-state index contributed by atoms with van der Waals surface area (Å²) < 4.78 is 5.15. The molecule has 17 heavy (non-hydrogen) atoms. The Morgan fingerprint density at radius 2 is 2.00 bits per heavy atom. The lowest BCUT2D eigenvalue weighted by Crippen LogP contribution is -2.16. The van der Waals surface area contributed by atoms with E-state index in [1.807, 2.05) is 13.0 Å². The second-order valence-corrected chi connectivity index (χ2v) is 9.77. The van der Waals surface area contributed by atoms with Crippen LogP contribution in [0.4, 0.5) is 0 Å². The molecule has 0 aliphatic rings. The van der Waals surface area contributed by atoms with Crippen molar-refractivity contribution < 1.29 is 9.53 Å². The predicted molar refractivity (Wildman–Crippen MR) is 75.2 cm³/mol. The Hall–Kier alpha value is -1.27. The van der Waals surface area contributed by atoms with Crippen LogP contribution in [0.15, 0.2) is 24.3 Å². The minimum absolute atomic E-state index is 0.249. The number of carbonyl (C=O) groups is 1. The maximum absolute atomic E-state index is 10.9. The second kappa shape index (κ2) is 7.13. The van der Waals surface area contributed by atoms with Gasteiger partial charge in [0.2, 0.25) is 0 Å². The molecule has 0 fully saturated rings. The molecule has 1 unspecified atom stereocenters. The molecule has 0 heterocycles. The maximum Gasteiger partial charge on any atom is 0.303 e. The molecule has 94 valence electrons. The summed E-state index contributed by atoms with van der Waals surface area (Å²) in [5.41, 5.74) is 4.22. The highest BCUT2D eigenvalue weighted by atomic mass is 28.3. The van der Waals surface area contributed by atoms with E-state index < -0.39 is 8.07 Å². The van der Waals surface area contributed by atoms with E-state index in [1.54, 1.807) is 6.08 Å². The van der Waals surface area contributed by atoms with Crippen LogP contribution in [0, 0.1) is 11.5 Å². The van der Waals surface area contributed by atoms with Gasteiger partial charge in [0, 0.05) is 13.3 Å². The van der Waals surface area contributed by atoms with E-state index in [0.717, 1.165) is 5.57 Å². The summed E-state index contributed by atoms with van der Waals surface area (Å²) in [7, 11) is -1.35. The van der Waals surface area contributed by atoms with Crippen LogP contribution >= 0.6 is 0 Å². The first-order valence-electron chi connectivity index (χ1n) is 5.74. The van der Waals surface area contributed by atoms with Crippen molar-refractivity contribution in [3.63, 3.8) is 0 Å². The Morgan fingerprint density at radius 1 is 1.41 bits per heavy atom. The minimum Gasteiger partial charge on any atom is -0.458 e. The van der Waals surface area contributed by atoms with E-state index in [2.05, 4.69) is 37.7 Å². The average Bonchev–Trinajstić information content (AvgIpc) is 2.13. The average molecular weight is 250 g/mol. The summed E-state index contributed by atoms with van der Waals surface area (Å²) in [6, 6.07) is 0. The zero-order chi connectivity index (χ0) is 13.5. The summed E-state index contributed by atoms with van der Waals surface area (Å²) in [4.78, 5) is 10.9. The Morgan fingerprint density at radius 3 is 2.41 bits per heavy atom. The standard InChI is InChI=1S/C14H22O2Si/c1-7-8-14(16-13(3)15)11-12(2)9-10-17(4,5)6/h7,11,14H,1,8H2,2-6H3/b12-11+. The third kappa shape index (κ3) is 9.64. The molecular formula is C14H22O2Si. The van der Waals surface area contributed by atoms with Gasteiger partial charge in [-0.1, -0.05) is 31.6 Å². The van der Waals surface area contributed by atoms with Crippen molar-refractivity contribution in [2.75, 3.05) is 0 Å². The number of carbonyl (C=O) groups excluding carboxylic acids is 1. The third-order valence-corrected chi connectivity index (χ3v) is 2.66. The number of rotatable bonds is 4. The topological polar surface area (TPSA) is 26.3 Å². The first-order valence-corrected chi connectivity index (χ1v) is 9.24. The third-order valence-electron chi connectivity index (χ3n) is 1.79. The smallest absolute Gasteiger partial charge is 0.303 e. The van der Waals surface area contributed by atoms with Crippen molar-refractivity contribution in [2.45, 2.75) is 46.0 Å². The molecule has 0 saturated carbocycles. The van der Waals surface area contributed by atoms with E-state index in [1.165, 1.54) is 6.92 Å². The van der Waals surface area contributed by atoms with Crippen molar-refractivity contribution >= 4 is 14.0 Å². The first-order chi connectivity index (χ1) is 7.74. The van der Waals surface area contributed by atoms with Crippen molar-refractivity contribution in [3.8, 4) is 11.5 Å². The van der Waals surface area contributed by atoms with Gasteiger partial charge in [-0.3, -0.25) is 4.79 Å². The van der Waals surface area contributed by atoms with Crippen LogP contribution in [0.3, 0.4) is 0 Å². The van der Waals surface area contributed by atoms with Gasteiger partial charge in [0.05, 0.1) is 0 Å². The molecule has 0 aromatic rings. The SMILES string of the molecule is C=CCC(/C=C(\C)C#C[Si](C)(C)C)OC(C)=O. The molecule has 0 N–H and O–H groups in total. The van der Waals surface area contributed by atoms with Crippen molar-refractivity contribution in [1.82, 2.24) is 0 Å². The lowest BCUT2D eigenvalue weighted by molar-refractivity contribution is -0.143. The van der Waals surface area contributed by atoms with E-state index in [9.17, 15) is 4.79 Å². The zero-order valence-corrected chi connectivity index (χ0v) is 12.5. The Balaban J connectivity index is 4.73. The van der Waals surface area contributed by atoms with Gasteiger partial charge in [-0.05, 0) is 18.6 Å². The lowest BCUT2D eigenvalue weighted by atomic mass is 10.2. The summed E-state index contributed by atoms with van der Waals surface area (Å²) in [5, 5.41) is 0. The molecule has 0 radical (unpaired) electrons. The van der Waals surface area contributed by atoms with Gasteiger partial charge in [-0.2, -0.15) is 0 Å². The second-order valence-electron chi connectivity index (χ2n) is 5.02. The zero-order valence-electron chi connectivity index (χ0n) is 11.5. The van der Waals surface area contributed by atoms with Gasteiger partial charge >= 0.3 is 5.97 Å². The van der Waals surface area contributed by atoms with Crippen molar-refractivity contribution in [3.05, 3.63) is 24.3 Å². The van der Waals surface area contributed by atoms with E-state index in [-0.39, 0.29) is 12.1 Å². The summed E-state index contributed by atoms with van der Waals surface area (Å²) >= 11 is 0. The van der Waals surface area contributed by atoms with Crippen molar-refractivity contribution in [1.29, 1.82) is 0 Å². The fourth-order valence-corrected chi connectivity index (χ4v) is 1.71. The summed E-state index contributed by atoms with van der Waals surface area (Å²) in [5.74, 6) is 2.85. The molecule has 0 amide bonds. The van der Waals surface area contributed by atoms with E-state index >= 15 is 0 Å². The lowest BCUT2D eigenvalue weighted by Gasteiger charge is -2.11. The highest BCUT2D eigenvalue weighted by Crippen LogP contribution is 2.06. The highest BCUT2D eigenvalue weighted by molar-refractivity contribution is 6.83. The number of hydrogen-bond acceptors (Lipinski definition) is 2. The number of ether oxygens (including phenoxy) is 1. The quantitative estimate of drug-likeness (QED) is 0.331. The maximum atomic E-state index is 10.9. The monoisotopic (exact) mass is 250 g/mol. The van der Waals surface area contributed by atoms with Gasteiger partial charge in [0.1, 0.15) is 14.2 Å². The molecule has 0 aromatic heterocycles. The van der Waals surface area contributed by atoms with Gasteiger partial charge in [0.15, 0.2) is 0 Å². The van der Waals surface area contributed by atoms with Gasteiger partial charge in [-0.15, -0.1) is 12.1 Å². The summed E-state index contributed by atoms with van der Waals surface area (Å²) in [6.45, 7) is 13.6. The molecule has 0 aromatic carbocycles. The molecule has 2 nitrogen and oxygen atoms in total. The molecule has 0 aliphatic carbocycles. The highest BCUT2D eigenvalue weighted by Gasteiger charge is 2.09. The molecule has 0 rings (SSSR count). The largest absolute Gasteiger partial charge is 0.458 e. The van der Waals surface area contributed by atoms with Crippen LogP contribution in [0.5, 0.6) is 0 Å². The molecule has 0 aliphatic heterocycles. The fourth-order valence-electron chi connectivity index (χ4n) is 1.13. The number of esters is 1. The van der Waals surface area contributed by atoms with Gasteiger partial charge in [0.25, 0.3) is 0 Å². The van der Waals surface area contributed by atoms with Gasteiger partial charge < -0.3 is 4.74 Å². The molecule has 0 saturated heterocycles. The predicted octanol–water partition coefficient (Wildman–Crippen LogP) is 3.32. The van der Waals surface area contributed by atoms with E-state index in [4.69, 9.17) is 4.74 Å². The molecule has 1 atom stereocenters. The molecule has 0 bridgehead atoms. The number of hydrogen-bond donors (Lipinski definition) is 0. The minimum atomic E-state index is -1.35. The first kappa shape index (κ1) is 15.7. The molecule has 3 heteroatoms. The Labute approximate surface area is 106 Å². The van der Waals surface area contributed by atoms with Crippen LogP contribution < -0.4 is 0 Å². The van der Waals surface area contributed by atoms with Crippen LogP contribution in [-0.2, 0) is 9.53 Å². The van der Waals surface area contributed by atoms with Crippen LogP contribution in [-0.4, -0.2) is 20.1 Å². The van der Waals surface area contributed by atoms with Crippen molar-refractivity contribution in [2.24, 2.45) is 0 Å². The molecule has 0 spiro atoms. The van der Waals surface area contributed by atoms with Gasteiger partial charge in [-0.25, -0.2) is 0 Å². The van der Waals surface area contributed by atoms with Crippen LogP contribution in [0.25, 0.3) is 0 Å². The van der Waals surface area contributed by atoms with E-state index in [0.29, 0.717) is 6.42 Å². The Kier molecular flexibility index (Phi) is 6.60. The number of allylic oxidation sites excluding steroid dienone is 1. The van der Waals surface area contributed by atoms with Crippen LogP contribution in [0.2, 0.25) is 19.6 Å². The molecular weight excluding hydrogens is 228 g/mol. The fraction of sp³-hybridized carbons (Fsp3) is 0.500.